The van der Waals surface area contributed by atoms with Gasteiger partial charge in [0.05, 0.1) is 5.69 Å². The maximum absolute atomic E-state index is 12.6. The number of carboxylic acids is 1. The van der Waals surface area contributed by atoms with Crippen LogP contribution in [0.25, 0.3) is 5.69 Å². The molecular weight excluding hydrogens is 464 g/mol. The lowest BCUT2D eigenvalue weighted by Gasteiger charge is -2.36. The molecule has 0 fully saturated rings. The molecule has 2 amide bonds. The van der Waals surface area contributed by atoms with Crippen molar-refractivity contribution in [3.63, 3.8) is 0 Å². The van der Waals surface area contributed by atoms with Gasteiger partial charge < -0.3 is 20.6 Å². The van der Waals surface area contributed by atoms with Gasteiger partial charge in [-0.1, -0.05) is 30.3 Å². The zero-order valence-electron chi connectivity index (χ0n) is 18.5. The van der Waals surface area contributed by atoms with Crippen molar-refractivity contribution < 1.29 is 14.7 Å². The van der Waals surface area contributed by atoms with E-state index in [2.05, 4.69) is 20.8 Å². The van der Waals surface area contributed by atoms with Gasteiger partial charge in [-0.3, -0.25) is 9.67 Å². The number of nitrogens with one attached hydrogen (secondary N) is 3. The van der Waals surface area contributed by atoms with E-state index in [1.807, 2.05) is 53.4 Å². The molecule has 4 N–H and O–H groups in total. The van der Waals surface area contributed by atoms with Crippen LogP contribution in [-0.2, 0) is 17.8 Å². The first-order valence-corrected chi connectivity index (χ1v) is 11.4. The fourth-order valence-corrected chi connectivity index (χ4v) is 4.42. The molecule has 0 saturated heterocycles. The summed E-state index contributed by atoms with van der Waals surface area (Å²) in [4.78, 5) is 26.4. The number of carbonyl (C=O) groups excluding carboxylic acids is 1. The summed E-state index contributed by atoms with van der Waals surface area (Å²) in [7, 11) is 0. The number of hydrogen-bond donors (Lipinski definition) is 4. The van der Waals surface area contributed by atoms with Crippen LogP contribution in [0.3, 0.4) is 0 Å². The van der Waals surface area contributed by atoms with Crippen LogP contribution >= 0.6 is 12.2 Å². The molecule has 3 aromatic carbocycles. The van der Waals surface area contributed by atoms with Gasteiger partial charge in [-0.15, -0.1) is 0 Å². The lowest BCUT2D eigenvalue weighted by molar-refractivity contribution is -0.138. The smallest absolute Gasteiger partial charge is 0.326 e. The standard InChI is InChI=1S/C25H22N6O3S/c32-23(33)22-12-16-4-1-2-5-17(16)14-30(22)20-10-8-18(9-11-20)27-24(34)28-19-6-3-7-21(13-19)31-15-26-29-25(31)35/h1-11,13,15,22H,12,14H2,(H,29,35)(H,32,33)(H2,27,28,34). The van der Waals surface area contributed by atoms with Crippen LogP contribution in [0.15, 0.2) is 79.1 Å². The predicted octanol–water partition coefficient (Wildman–Crippen LogP) is 4.59. The quantitative estimate of drug-likeness (QED) is 0.307. The predicted molar refractivity (Wildman–Crippen MR) is 136 cm³/mol. The van der Waals surface area contributed by atoms with Crippen molar-refractivity contribution in [2.45, 2.75) is 19.0 Å². The second-order valence-corrected chi connectivity index (χ2v) is 8.55. The van der Waals surface area contributed by atoms with E-state index in [0.29, 0.717) is 29.1 Å². The van der Waals surface area contributed by atoms with Gasteiger partial charge in [-0.05, 0) is 65.8 Å². The first-order chi connectivity index (χ1) is 17.0. The Bertz CT molecular complexity index is 1450. The maximum atomic E-state index is 12.6. The van der Waals surface area contributed by atoms with Gasteiger partial charge >= 0.3 is 12.0 Å². The zero-order valence-corrected chi connectivity index (χ0v) is 19.3. The van der Waals surface area contributed by atoms with E-state index in [1.54, 1.807) is 35.2 Å². The molecule has 1 aliphatic heterocycles. The van der Waals surface area contributed by atoms with E-state index < -0.39 is 18.0 Å². The Balaban J connectivity index is 1.27. The minimum atomic E-state index is -0.861. The van der Waals surface area contributed by atoms with Crippen LogP contribution < -0.4 is 15.5 Å². The second kappa shape index (κ2) is 9.43. The number of aromatic nitrogens is 3. The topological polar surface area (TPSA) is 115 Å². The third-order valence-electron chi connectivity index (χ3n) is 5.92. The molecule has 5 rings (SSSR count). The van der Waals surface area contributed by atoms with Crippen molar-refractivity contribution >= 4 is 41.3 Å². The third kappa shape index (κ3) is 4.78. The molecule has 9 nitrogen and oxygen atoms in total. The molecule has 10 heteroatoms. The highest BCUT2D eigenvalue weighted by atomic mass is 32.1. The summed E-state index contributed by atoms with van der Waals surface area (Å²) < 4.78 is 2.15. The number of hydrogen-bond acceptors (Lipinski definition) is 5. The Morgan fingerprint density at radius 2 is 1.69 bits per heavy atom. The zero-order chi connectivity index (χ0) is 24.4. The van der Waals surface area contributed by atoms with Crippen molar-refractivity contribution in [2.24, 2.45) is 0 Å². The van der Waals surface area contributed by atoms with Crippen molar-refractivity contribution in [3.8, 4) is 5.69 Å². The van der Waals surface area contributed by atoms with Crippen molar-refractivity contribution in [3.05, 3.63) is 95.0 Å². The molecule has 0 aliphatic carbocycles. The summed E-state index contributed by atoms with van der Waals surface area (Å²) in [5.41, 5.74) is 4.90. The highest BCUT2D eigenvalue weighted by Gasteiger charge is 2.31. The van der Waals surface area contributed by atoms with Gasteiger partial charge in [0.25, 0.3) is 0 Å². The number of nitrogens with zero attached hydrogens (tertiary/aromatic N) is 3. The first kappa shape index (κ1) is 22.4. The van der Waals surface area contributed by atoms with Crippen LogP contribution in [0.2, 0.25) is 0 Å². The minimum absolute atomic E-state index is 0.402. The molecule has 176 valence electrons. The molecular formula is C25H22N6O3S. The Morgan fingerprint density at radius 1 is 0.943 bits per heavy atom. The van der Waals surface area contributed by atoms with Gasteiger partial charge in [0.15, 0.2) is 4.77 Å². The Kier molecular flexibility index (Phi) is 6.02. The number of urea groups is 1. The number of benzene rings is 3. The number of rotatable bonds is 5. The third-order valence-corrected chi connectivity index (χ3v) is 6.21. The molecule has 1 aliphatic rings. The number of fused-ring (bicyclic) bond motifs is 1. The fraction of sp³-hybridized carbons (Fsp3) is 0.120. The molecule has 0 spiro atoms. The molecule has 1 unspecified atom stereocenters. The molecule has 1 aromatic heterocycles. The SMILES string of the molecule is O=C(Nc1ccc(N2Cc3ccccc3CC2C(=O)O)cc1)Nc1cccc(-n2cn[nH]c2=S)c1. The van der Waals surface area contributed by atoms with Gasteiger partial charge in [0.1, 0.15) is 12.4 Å². The molecule has 0 bridgehead atoms. The number of anilines is 3. The molecule has 0 radical (unpaired) electrons. The lowest BCUT2D eigenvalue weighted by Crippen LogP contribution is -2.45. The Hall–Kier alpha value is -4.44. The lowest BCUT2D eigenvalue weighted by atomic mass is 9.93. The van der Waals surface area contributed by atoms with Gasteiger partial charge in [0.2, 0.25) is 0 Å². The van der Waals surface area contributed by atoms with Gasteiger partial charge in [0, 0.05) is 30.0 Å². The van der Waals surface area contributed by atoms with Gasteiger partial charge in [-0.25, -0.2) is 9.59 Å². The van der Waals surface area contributed by atoms with Gasteiger partial charge in [-0.2, -0.15) is 5.10 Å². The average molecular weight is 487 g/mol. The minimum Gasteiger partial charge on any atom is -0.480 e. The molecule has 0 saturated carbocycles. The largest absolute Gasteiger partial charge is 0.480 e. The Morgan fingerprint density at radius 3 is 2.40 bits per heavy atom. The summed E-state index contributed by atoms with van der Waals surface area (Å²) in [6.45, 7) is 0.511. The van der Waals surface area contributed by atoms with Crippen molar-refractivity contribution in [1.29, 1.82) is 0 Å². The van der Waals surface area contributed by atoms with Crippen molar-refractivity contribution in [1.82, 2.24) is 14.8 Å². The summed E-state index contributed by atoms with van der Waals surface area (Å²) in [5, 5.41) is 22.0. The van der Waals surface area contributed by atoms with E-state index in [0.717, 1.165) is 22.5 Å². The van der Waals surface area contributed by atoms with Crippen LogP contribution in [0.1, 0.15) is 11.1 Å². The summed E-state index contributed by atoms with van der Waals surface area (Å²) >= 11 is 5.19. The summed E-state index contributed by atoms with van der Waals surface area (Å²) in [6.07, 6.45) is 2.01. The van der Waals surface area contributed by atoms with E-state index in [4.69, 9.17) is 12.2 Å². The van der Waals surface area contributed by atoms with Crippen molar-refractivity contribution in [2.75, 3.05) is 15.5 Å². The number of carboxylic acid groups (broad SMARTS) is 1. The van der Waals surface area contributed by atoms with Crippen LogP contribution in [0.5, 0.6) is 0 Å². The average Bonchev–Trinajstić information content (AvgIpc) is 3.29. The highest BCUT2D eigenvalue weighted by Crippen LogP contribution is 2.29. The number of aromatic amines is 1. The van der Waals surface area contributed by atoms with E-state index in [-0.39, 0.29) is 0 Å². The number of H-pyrrole nitrogens is 1. The molecule has 1 atom stereocenters. The van der Waals surface area contributed by atoms with E-state index in [9.17, 15) is 14.7 Å². The normalized spacial score (nSPS) is 14.7. The number of carbonyl (C=O) groups is 2. The van der Waals surface area contributed by atoms with E-state index >= 15 is 0 Å². The number of aliphatic carboxylic acids is 1. The van der Waals surface area contributed by atoms with Crippen LogP contribution in [0.4, 0.5) is 21.9 Å². The second-order valence-electron chi connectivity index (χ2n) is 8.16. The van der Waals surface area contributed by atoms with E-state index in [1.165, 1.54) is 0 Å². The highest BCUT2D eigenvalue weighted by molar-refractivity contribution is 7.71. The van der Waals surface area contributed by atoms with Crippen LogP contribution in [0, 0.1) is 4.77 Å². The molecule has 4 aromatic rings. The summed E-state index contributed by atoms with van der Waals surface area (Å²) in [6, 6.07) is 21.2. The fourth-order valence-electron chi connectivity index (χ4n) is 4.21. The first-order valence-electron chi connectivity index (χ1n) is 10.9. The Labute approximate surface area is 206 Å². The summed E-state index contributed by atoms with van der Waals surface area (Å²) in [5.74, 6) is -0.861. The number of amides is 2. The van der Waals surface area contributed by atoms with Crippen LogP contribution in [-0.4, -0.2) is 37.9 Å². The molecule has 35 heavy (non-hydrogen) atoms. The maximum Gasteiger partial charge on any atom is 0.326 e. The molecule has 2 heterocycles. The monoisotopic (exact) mass is 486 g/mol.